The van der Waals surface area contributed by atoms with E-state index in [1.807, 2.05) is 25.3 Å². The molecule has 1 aromatic heterocycles. The molecule has 0 radical (unpaired) electrons. The molecule has 0 atom stereocenters. The average Bonchev–Trinajstić information content (AvgIpc) is 2.78. The fraction of sp³-hybridized carbons (Fsp3) is 0.583. The van der Waals surface area contributed by atoms with Gasteiger partial charge in [-0.1, -0.05) is 0 Å². The number of carbonyl (C=O) groups is 1. The van der Waals surface area contributed by atoms with Crippen molar-refractivity contribution in [2.75, 3.05) is 13.2 Å². The smallest absolute Gasteiger partial charge is 0.217 e. The predicted octanol–water partition coefficient (Wildman–Crippen LogP) is 2.65. The molecule has 0 aliphatic rings. The summed E-state index contributed by atoms with van der Waals surface area (Å²) in [5, 5.41) is 4.08. The van der Waals surface area contributed by atoms with E-state index in [-0.39, 0.29) is 5.78 Å². The number of aryl methyl sites for hydroxylation is 1. The fourth-order valence-electron chi connectivity index (χ4n) is 1.36. The molecule has 90 valence electrons. The van der Waals surface area contributed by atoms with Crippen LogP contribution in [0.3, 0.4) is 0 Å². The van der Waals surface area contributed by atoms with Gasteiger partial charge in [-0.2, -0.15) is 11.3 Å². The number of ketones is 1. The van der Waals surface area contributed by atoms with Gasteiger partial charge in [0.15, 0.2) is 5.78 Å². The van der Waals surface area contributed by atoms with Crippen LogP contribution in [0.15, 0.2) is 16.8 Å². The van der Waals surface area contributed by atoms with Crippen molar-refractivity contribution in [3.8, 4) is 0 Å². The molecule has 1 aromatic rings. The quantitative estimate of drug-likeness (QED) is 0.657. The summed E-state index contributed by atoms with van der Waals surface area (Å²) in [6.07, 6.45) is 0.550. The van der Waals surface area contributed by atoms with Crippen LogP contribution < -0.4 is 0 Å². The molecule has 0 aliphatic carbocycles. The molecule has 0 spiro atoms. The first-order valence-electron chi connectivity index (χ1n) is 5.54. The zero-order chi connectivity index (χ0) is 11.8. The summed E-state index contributed by atoms with van der Waals surface area (Å²) in [5.41, 5.74) is 1.20. The summed E-state index contributed by atoms with van der Waals surface area (Å²) in [7, 11) is 0. The van der Waals surface area contributed by atoms with E-state index in [1.165, 1.54) is 5.56 Å². The van der Waals surface area contributed by atoms with Crippen LogP contribution in [-0.4, -0.2) is 25.3 Å². The maximum Gasteiger partial charge on any atom is 0.217 e. The fourth-order valence-corrected chi connectivity index (χ4v) is 2.06. The van der Waals surface area contributed by atoms with Gasteiger partial charge in [0.2, 0.25) is 6.29 Å². The zero-order valence-electron chi connectivity index (χ0n) is 9.77. The van der Waals surface area contributed by atoms with Gasteiger partial charge in [0, 0.05) is 19.6 Å². The minimum absolute atomic E-state index is 0.0231. The van der Waals surface area contributed by atoms with Crippen molar-refractivity contribution in [3.05, 3.63) is 22.4 Å². The van der Waals surface area contributed by atoms with Crippen molar-refractivity contribution < 1.29 is 14.3 Å². The molecule has 0 amide bonds. The number of Topliss-reactive ketones (excluding diaryl/α,β-unsaturated/α-hetero) is 1. The van der Waals surface area contributed by atoms with Gasteiger partial charge >= 0.3 is 0 Å². The third kappa shape index (κ3) is 4.43. The monoisotopic (exact) mass is 242 g/mol. The lowest BCUT2D eigenvalue weighted by atomic mass is 10.1. The Kier molecular flexibility index (Phi) is 6.30. The van der Waals surface area contributed by atoms with E-state index in [0.717, 1.165) is 6.42 Å². The van der Waals surface area contributed by atoms with Crippen molar-refractivity contribution in [2.45, 2.75) is 33.0 Å². The molecule has 0 N–H and O–H groups in total. The van der Waals surface area contributed by atoms with Gasteiger partial charge in [-0.3, -0.25) is 4.79 Å². The Morgan fingerprint density at radius 3 is 2.56 bits per heavy atom. The first kappa shape index (κ1) is 13.4. The van der Waals surface area contributed by atoms with Crippen LogP contribution in [0.2, 0.25) is 0 Å². The van der Waals surface area contributed by atoms with E-state index < -0.39 is 6.29 Å². The number of rotatable bonds is 8. The summed E-state index contributed by atoms with van der Waals surface area (Å²) < 4.78 is 10.5. The second-order valence-electron chi connectivity index (χ2n) is 3.34. The lowest BCUT2D eigenvalue weighted by Crippen LogP contribution is -2.27. The van der Waals surface area contributed by atoms with Crippen LogP contribution in [0.25, 0.3) is 0 Å². The zero-order valence-corrected chi connectivity index (χ0v) is 10.6. The highest BCUT2D eigenvalue weighted by Crippen LogP contribution is 2.10. The van der Waals surface area contributed by atoms with Crippen LogP contribution in [0, 0.1) is 0 Å². The van der Waals surface area contributed by atoms with Gasteiger partial charge in [0.25, 0.3) is 0 Å². The molecule has 0 unspecified atom stereocenters. The van der Waals surface area contributed by atoms with Crippen LogP contribution >= 0.6 is 11.3 Å². The molecule has 4 heteroatoms. The molecule has 0 bridgehead atoms. The number of hydrogen-bond donors (Lipinski definition) is 0. The Morgan fingerprint density at radius 1 is 1.38 bits per heavy atom. The molecule has 16 heavy (non-hydrogen) atoms. The van der Waals surface area contributed by atoms with Crippen LogP contribution in [0.4, 0.5) is 0 Å². The maximum absolute atomic E-state index is 11.8. The Hall–Kier alpha value is -0.710. The Labute approximate surface area is 100 Å². The molecule has 1 heterocycles. The highest BCUT2D eigenvalue weighted by molar-refractivity contribution is 7.07. The van der Waals surface area contributed by atoms with Gasteiger partial charge in [0.05, 0.1) is 0 Å². The van der Waals surface area contributed by atoms with Gasteiger partial charge < -0.3 is 9.47 Å². The highest BCUT2D eigenvalue weighted by Gasteiger charge is 2.18. The van der Waals surface area contributed by atoms with Crippen molar-refractivity contribution in [3.63, 3.8) is 0 Å². The average molecular weight is 242 g/mol. The number of thiophene rings is 1. The number of carbonyl (C=O) groups excluding carboxylic acids is 1. The largest absolute Gasteiger partial charge is 0.346 e. The number of hydrogen-bond acceptors (Lipinski definition) is 4. The van der Waals surface area contributed by atoms with Crippen LogP contribution in [0.1, 0.15) is 25.8 Å². The van der Waals surface area contributed by atoms with Crippen molar-refractivity contribution >= 4 is 17.1 Å². The Bertz CT molecular complexity index is 289. The SMILES string of the molecule is CCOC(OCC)C(=O)CCc1ccsc1. The molecule has 1 rings (SSSR count). The standard InChI is InChI=1S/C12H18O3S/c1-3-14-12(15-4-2)11(13)6-5-10-7-8-16-9-10/h7-9,12H,3-6H2,1-2H3. The molecule has 0 fully saturated rings. The third-order valence-electron chi connectivity index (χ3n) is 2.14. The summed E-state index contributed by atoms with van der Waals surface area (Å²) in [6, 6.07) is 2.04. The topological polar surface area (TPSA) is 35.5 Å². The normalized spacial score (nSPS) is 10.9. The van der Waals surface area contributed by atoms with E-state index in [9.17, 15) is 4.79 Å². The summed E-state index contributed by atoms with van der Waals surface area (Å²) >= 11 is 1.65. The third-order valence-corrected chi connectivity index (χ3v) is 2.87. The lowest BCUT2D eigenvalue weighted by Gasteiger charge is -2.15. The molecular formula is C12H18O3S. The molecule has 3 nitrogen and oxygen atoms in total. The summed E-state index contributed by atoms with van der Waals surface area (Å²) in [4.78, 5) is 11.8. The Morgan fingerprint density at radius 2 is 2.06 bits per heavy atom. The maximum atomic E-state index is 11.8. The number of ether oxygens (including phenoxy) is 2. The second kappa shape index (κ2) is 7.54. The Balaban J connectivity index is 2.36. The summed E-state index contributed by atoms with van der Waals surface area (Å²) in [6.45, 7) is 4.71. The van der Waals surface area contributed by atoms with Crippen molar-refractivity contribution in [1.82, 2.24) is 0 Å². The lowest BCUT2D eigenvalue weighted by molar-refractivity contribution is -0.167. The van der Waals surface area contributed by atoms with Gasteiger partial charge in [-0.05, 0) is 42.7 Å². The molecular weight excluding hydrogens is 224 g/mol. The van der Waals surface area contributed by atoms with E-state index in [4.69, 9.17) is 9.47 Å². The summed E-state index contributed by atoms with van der Waals surface area (Å²) in [5.74, 6) is 0.0231. The molecule has 0 saturated carbocycles. The molecule has 0 saturated heterocycles. The first-order valence-corrected chi connectivity index (χ1v) is 6.49. The van der Waals surface area contributed by atoms with Crippen molar-refractivity contribution in [1.29, 1.82) is 0 Å². The van der Waals surface area contributed by atoms with E-state index in [0.29, 0.717) is 19.6 Å². The van der Waals surface area contributed by atoms with Crippen LogP contribution in [0.5, 0.6) is 0 Å². The second-order valence-corrected chi connectivity index (χ2v) is 4.12. The van der Waals surface area contributed by atoms with E-state index in [2.05, 4.69) is 5.38 Å². The van der Waals surface area contributed by atoms with Gasteiger partial charge in [0.1, 0.15) is 0 Å². The van der Waals surface area contributed by atoms with Crippen molar-refractivity contribution in [2.24, 2.45) is 0 Å². The van der Waals surface area contributed by atoms with E-state index in [1.54, 1.807) is 11.3 Å². The van der Waals surface area contributed by atoms with Crippen LogP contribution in [-0.2, 0) is 20.7 Å². The highest BCUT2D eigenvalue weighted by atomic mass is 32.1. The van der Waals surface area contributed by atoms with Gasteiger partial charge in [-0.15, -0.1) is 0 Å². The van der Waals surface area contributed by atoms with Gasteiger partial charge in [-0.25, -0.2) is 0 Å². The minimum atomic E-state index is -0.686. The minimum Gasteiger partial charge on any atom is -0.346 e. The first-order chi connectivity index (χ1) is 7.77. The predicted molar refractivity (Wildman–Crippen MR) is 64.7 cm³/mol. The molecule has 0 aromatic carbocycles. The molecule has 0 aliphatic heterocycles. The van der Waals surface area contributed by atoms with E-state index >= 15 is 0 Å².